The van der Waals surface area contributed by atoms with Crippen molar-refractivity contribution in [2.24, 2.45) is 0 Å². The van der Waals surface area contributed by atoms with Crippen LogP contribution in [-0.2, 0) is 5.41 Å². The molecule has 3 heterocycles. The predicted octanol–water partition coefficient (Wildman–Crippen LogP) is 3.87. The molecular formula is C20H22N4O2. The van der Waals surface area contributed by atoms with E-state index in [1.807, 2.05) is 43.3 Å². The smallest absolute Gasteiger partial charge is 0.276 e. The van der Waals surface area contributed by atoms with Crippen molar-refractivity contribution in [2.45, 2.75) is 32.1 Å². The molecular weight excluding hydrogens is 328 g/mol. The summed E-state index contributed by atoms with van der Waals surface area (Å²) in [6, 6.07) is 11.6. The van der Waals surface area contributed by atoms with Crippen LogP contribution in [0.25, 0.3) is 11.6 Å². The van der Waals surface area contributed by atoms with E-state index in [0.717, 1.165) is 37.5 Å². The summed E-state index contributed by atoms with van der Waals surface area (Å²) in [7, 11) is 0. The number of piperidine rings is 1. The molecule has 2 aromatic heterocycles. The first-order chi connectivity index (χ1) is 12.6. The van der Waals surface area contributed by atoms with Gasteiger partial charge >= 0.3 is 0 Å². The largest absolute Gasteiger partial charge is 0.456 e. The third-order valence-corrected chi connectivity index (χ3v) is 4.89. The molecule has 1 aliphatic rings. The Labute approximate surface area is 152 Å². The minimum absolute atomic E-state index is 0.0402. The highest BCUT2D eigenvalue weighted by Crippen LogP contribution is 2.32. The molecule has 0 saturated carbocycles. The number of hydrogen-bond acceptors (Lipinski definition) is 6. The number of aromatic nitrogens is 3. The second-order valence-corrected chi connectivity index (χ2v) is 7.03. The van der Waals surface area contributed by atoms with Crippen molar-refractivity contribution in [1.82, 2.24) is 20.4 Å². The van der Waals surface area contributed by atoms with Gasteiger partial charge in [-0.3, -0.25) is 0 Å². The Morgan fingerprint density at radius 2 is 1.77 bits per heavy atom. The Morgan fingerprint density at radius 1 is 1.04 bits per heavy atom. The van der Waals surface area contributed by atoms with Gasteiger partial charge in [0.15, 0.2) is 5.82 Å². The Morgan fingerprint density at radius 3 is 2.46 bits per heavy atom. The van der Waals surface area contributed by atoms with E-state index < -0.39 is 0 Å². The number of nitrogens with one attached hydrogen (secondary N) is 1. The summed E-state index contributed by atoms with van der Waals surface area (Å²) in [5.41, 5.74) is 1.81. The molecule has 0 spiro atoms. The highest BCUT2D eigenvalue weighted by molar-refractivity contribution is 5.48. The van der Waals surface area contributed by atoms with Crippen molar-refractivity contribution in [2.75, 3.05) is 13.1 Å². The highest BCUT2D eigenvalue weighted by atomic mass is 16.5. The number of aryl methyl sites for hydroxylation is 1. The van der Waals surface area contributed by atoms with E-state index in [9.17, 15) is 0 Å². The van der Waals surface area contributed by atoms with Crippen LogP contribution in [0.5, 0.6) is 11.5 Å². The molecule has 3 aromatic rings. The number of rotatable bonds is 4. The number of benzene rings is 1. The van der Waals surface area contributed by atoms with E-state index >= 15 is 0 Å². The van der Waals surface area contributed by atoms with Crippen LogP contribution in [0.1, 0.15) is 31.2 Å². The van der Waals surface area contributed by atoms with Crippen molar-refractivity contribution < 1.29 is 9.26 Å². The fraction of sp³-hybridized carbons (Fsp3) is 0.350. The van der Waals surface area contributed by atoms with Crippen molar-refractivity contribution in [3.05, 3.63) is 54.0 Å². The minimum atomic E-state index is -0.0402. The molecule has 0 amide bonds. The predicted molar refractivity (Wildman–Crippen MR) is 98.2 cm³/mol. The first-order valence-corrected chi connectivity index (χ1v) is 8.88. The lowest BCUT2D eigenvalue weighted by molar-refractivity contribution is 0.303. The molecule has 134 valence electrons. The molecule has 0 atom stereocenters. The Balaban J connectivity index is 1.49. The summed E-state index contributed by atoms with van der Waals surface area (Å²) in [6.07, 6.45) is 3.68. The van der Waals surface area contributed by atoms with Gasteiger partial charge in [0.05, 0.1) is 6.20 Å². The lowest BCUT2D eigenvalue weighted by Gasteiger charge is -2.30. The standard InChI is InChI=1S/C20H22N4O2/c1-14-3-5-15(6-4-14)25-16-7-8-17(22-13-16)18-23-19(24-26-18)20(2)9-11-21-12-10-20/h3-8,13,21H,9-12H2,1-2H3. The van der Waals surface area contributed by atoms with Crippen molar-refractivity contribution in [3.8, 4) is 23.1 Å². The molecule has 0 unspecified atom stereocenters. The summed E-state index contributed by atoms with van der Waals surface area (Å²) < 4.78 is 11.3. The zero-order valence-corrected chi connectivity index (χ0v) is 15.0. The topological polar surface area (TPSA) is 73.1 Å². The first-order valence-electron chi connectivity index (χ1n) is 8.88. The lowest BCUT2D eigenvalue weighted by atomic mass is 9.80. The maximum absolute atomic E-state index is 5.80. The van der Waals surface area contributed by atoms with E-state index in [2.05, 4.69) is 27.4 Å². The molecule has 1 N–H and O–H groups in total. The molecule has 26 heavy (non-hydrogen) atoms. The number of pyridine rings is 1. The van der Waals surface area contributed by atoms with Crippen LogP contribution >= 0.6 is 0 Å². The van der Waals surface area contributed by atoms with Crippen LogP contribution in [-0.4, -0.2) is 28.2 Å². The van der Waals surface area contributed by atoms with Gasteiger partial charge in [-0.05, 0) is 57.1 Å². The van der Waals surface area contributed by atoms with E-state index in [0.29, 0.717) is 17.3 Å². The van der Waals surface area contributed by atoms with Gasteiger partial charge in [0.25, 0.3) is 5.89 Å². The third-order valence-electron chi connectivity index (χ3n) is 4.89. The second-order valence-electron chi connectivity index (χ2n) is 7.03. The normalized spacial score (nSPS) is 16.4. The maximum Gasteiger partial charge on any atom is 0.276 e. The molecule has 0 radical (unpaired) electrons. The quantitative estimate of drug-likeness (QED) is 0.770. The first kappa shape index (κ1) is 16.7. The monoisotopic (exact) mass is 350 g/mol. The highest BCUT2D eigenvalue weighted by Gasteiger charge is 2.33. The van der Waals surface area contributed by atoms with Gasteiger partial charge in [-0.2, -0.15) is 4.98 Å². The number of nitrogens with zero attached hydrogens (tertiary/aromatic N) is 3. The molecule has 0 aliphatic carbocycles. The molecule has 0 bridgehead atoms. The molecule has 1 saturated heterocycles. The van der Waals surface area contributed by atoms with Gasteiger partial charge in [0.2, 0.25) is 0 Å². The zero-order chi connectivity index (χ0) is 18.0. The number of hydrogen-bond donors (Lipinski definition) is 1. The summed E-state index contributed by atoms with van der Waals surface area (Å²) >= 11 is 0. The molecule has 1 aromatic carbocycles. The van der Waals surface area contributed by atoms with Crippen LogP contribution in [0.2, 0.25) is 0 Å². The minimum Gasteiger partial charge on any atom is -0.456 e. The van der Waals surface area contributed by atoms with Gasteiger partial charge in [-0.1, -0.05) is 29.8 Å². The fourth-order valence-corrected chi connectivity index (χ4v) is 3.08. The summed E-state index contributed by atoms with van der Waals surface area (Å²) in [6.45, 7) is 6.19. The average Bonchev–Trinajstić information content (AvgIpc) is 3.16. The molecule has 4 rings (SSSR count). The van der Waals surface area contributed by atoms with Gasteiger partial charge in [-0.25, -0.2) is 4.98 Å². The molecule has 1 aliphatic heterocycles. The molecule has 6 nitrogen and oxygen atoms in total. The second kappa shape index (κ2) is 6.88. The average molecular weight is 350 g/mol. The van der Waals surface area contributed by atoms with Crippen molar-refractivity contribution >= 4 is 0 Å². The molecule has 1 fully saturated rings. The van der Waals surface area contributed by atoms with Gasteiger partial charge in [0.1, 0.15) is 17.2 Å². The van der Waals surface area contributed by atoms with E-state index in [1.54, 1.807) is 6.20 Å². The zero-order valence-electron chi connectivity index (χ0n) is 15.0. The van der Waals surface area contributed by atoms with Crippen LogP contribution in [0, 0.1) is 6.92 Å². The molecule has 6 heteroatoms. The third kappa shape index (κ3) is 3.46. The van der Waals surface area contributed by atoms with Gasteiger partial charge in [-0.15, -0.1) is 0 Å². The Bertz CT molecular complexity index is 866. The van der Waals surface area contributed by atoms with Crippen LogP contribution < -0.4 is 10.1 Å². The number of ether oxygens (including phenoxy) is 1. The fourth-order valence-electron chi connectivity index (χ4n) is 3.08. The van der Waals surface area contributed by atoms with E-state index in [1.165, 1.54) is 5.56 Å². The Hall–Kier alpha value is -2.73. The Kier molecular flexibility index (Phi) is 4.42. The van der Waals surface area contributed by atoms with Crippen LogP contribution in [0.15, 0.2) is 47.1 Å². The summed E-state index contributed by atoms with van der Waals surface area (Å²) in [5, 5.41) is 7.57. The lowest BCUT2D eigenvalue weighted by Crippen LogP contribution is -2.38. The van der Waals surface area contributed by atoms with Crippen LogP contribution in [0.4, 0.5) is 0 Å². The summed E-state index contributed by atoms with van der Waals surface area (Å²) in [5.74, 6) is 2.66. The van der Waals surface area contributed by atoms with Crippen molar-refractivity contribution in [1.29, 1.82) is 0 Å². The SMILES string of the molecule is Cc1ccc(Oc2ccc(-c3nc(C4(C)CCNCC4)no3)nc2)cc1. The van der Waals surface area contributed by atoms with Gasteiger partial charge < -0.3 is 14.6 Å². The van der Waals surface area contributed by atoms with Crippen molar-refractivity contribution in [3.63, 3.8) is 0 Å². The van der Waals surface area contributed by atoms with E-state index in [-0.39, 0.29) is 5.41 Å². The van der Waals surface area contributed by atoms with Gasteiger partial charge in [0, 0.05) is 5.41 Å². The van der Waals surface area contributed by atoms with E-state index in [4.69, 9.17) is 9.26 Å². The maximum atomic E-state index is 5.80. The summed E-state index contributed by atoms with van der Waals surface area (Å²) in [4.78, 5) is 9.00. The van der Waals surface area contributed by atoms with Crippen LogP contribution in [0.3, 0.4) is 0 Å².